The van der Waals surface area contributed by atoms with Crippen LogP contribution >= 0.6 is 11.8 Å². The van der Waals surface area contributed by atoms with Gasteiger partial charge in [0.25, 0.3) is 0 Å². The van der Waals surface area contributed by atoms with Crippen molar-refractivity contribution in [3.05, 3.63) is 23.7 Å². The van der Waals surface area contributed by atoms with Crippen molar-refractivity contribution < 1.29 is 9.21 Å². The van der Waals surface area contributed by atoms with Crippen LogP contribution in [0.5, 0.6) is 0 Å². The molecule has 1 atom stereocenters. The van der Waals surface area contributed by atoms with Crippen LogP contribution in [-0.4, -0.2) is 35.4 Å². The summed E-state index contributed by atoms with van der Waals surface area (Å²) in [4.78, 5) is 13.6. The second kappa shape index (κ2) is 7.48. The summed E-state index contributed by atoms with van der Waals surface area (Å²) in [6.07, 6.45) is 0.943. The Balaban J connectivity index is 2.33. The highest BCUT2D eigenvalue weighted by Crippen LogP contribution is 2.15. The number of thioether (sulfide) groups is 1. The van der Waals surface area contributed by atoms with Crippen LogP contribution in [0.2, 0.25) is 0 Å². The summed E-state index contributed by atoms with van der Waals surface area (Å²) < 4.78 is 5.45. The van der Waals surface area contributed by atoms with Gasteiger partial charge in [0.15, 0.2) is 0 Å². The Bertz CT molecular complexity index is 379. The van der Waals surface area contributed by atoms with Crippen molar-refractivity contribution in [1.82, 2.24) is 4.90 Å². The van der Waals surface area contributed by atoms with E-state index in [1.165, 1.54) is 0 Å². The molecule has 0 aliphatic heterocycles. The Morgan fingerprint density at radius 3 is 2.83 bits per heavy atom. The zero-order chi connectivity index (χ0) is 13.5. The molecular formula is C13H22N2O2S. The first kappa shape index (κ1) is 15.1. The Hall–Kier alpha value is -0.940. The molecule has 1 heterocycles. The smallest absolute Gasteiger partial charge is 0.232 e. The van der Waals surface area contributed by atoms with E-state index in [1.807, 2.05) is 19.1 Å². The average Bonchev–Trinajstić information content (AvgIpc) is 2.72. The van der Waals surface area contributed by atoms with Gasteiger partial charge in [-0.15, -0.1) is 11.8 Å². The molecule has 4 nitrogen and oxygen atoms in total. The number of nitrogens with zero attached hydrogens (tertiary/aromatic N) is 1. The van der Waals surface area contributed by atoms with Gasteiger partial charge < -0.3 is 15.1 Å². The minimum Gasteiger partial charge on any atom is -0.464 e. The van der Waals surface area contributed by atoms with Gasteiger partial charge in [-0.3, -0.25) is 4.79 Å². The fourth-order valence-corrected chi connectivity index (χ4v) is 2.48. The van der Waals surface area contributed by atoms with E-state index in [-0.39, 0.29) is 5.91 Å². The fraction of sp³-hybridized carbons (Fsp3) is 0.615. The highest BCUT2D eigenvalue weighted by Gasteiger charge is 2.12. The van der Waals surface area contributed by atoms with Crippen molar-refractivity contribution in [3.63, 3.8) is 0 Å². The lowest BCUT2D eigenvalue weighted by Crippen LogP contribution is -2.28. The number of amides is 1. The Labute approximate surface area is 113 Å². The number of hydrogen-bond donors (Lipinski definition) is 1. The highest BCUT2D eigenvalue weighted by molar-refractivity contribution is 8.00. The summed E-state index contributed by atoms with van der Waals surface area (Å²) in [5.41, 5.74) is 5.48. The lowest BCUT2D eigenvalue weighted by atomic mass is 10.3. The van der Waals surface area contributed by atoms with E-state index < -0.39 is 0 Å². The molecule has 18 heavy (non-hydrogen) atoms. The maximum Gasteiger partial charge on any atom is 0.232 e. The van der Waals surface area contributed by atoms with Gasteiger partial charge in [-0.2, -0.15) is 0 Å². The van der Waals surface area contributed by atoms with Crippen LogP contribution in [0.1, 0.15) is 24.9 Å². The molecule has 1 aromatic rings. The van der Waals surface area contributed by atoms with Crippen molar-refractivity contribution in [2.24, 2.45) is 5.73 Å². The molecule has 2 N–H and O–H groups in total. The molecule has 1 unspecified atom stereocenters. The third-order valence-electron chi connectivity index (χ3n) is 2.68. The Morgan fingerprint density at radius 2 is 2.28 bits per heavy atom. The Morgan fingerprint density at radius 1 is 1.56 bits per heavy atom. The van der Waals surface area contributed by atoms with E-state index in [1.54, 1.807) is 23.7 Å². The van der Waals surface area contributed by atoms with Crippen molar-refractivity contribution in [2.75, 3.05) is 19.3 Å². The van der Waals surface area contributed by atoms with Crippen molar-refractivity contribution in [2.45, 2.75) is 32.1 Å². The van der Waals surface area contributed by atoms with Gasteiger partial charge in [-0.25, -0.2) is 0 Å². The zero-order valence-corrected chi connectivity index (χ0v) is 12.1. The van der Waals surface area contributed by atoms with Gasteiger partial charge in [-0.05, 0) is 32.0 Å². The normalized spacial score (nSPS) is 12.4. The second-order valence-electron chi connectivity index (χ2n) is 4.46. The molecule has 0 fully saturated rings. The number of nitrogens with two attached hydrogens (primary N) is 1. The van der Waals surface area contributed by atoms with Crippen LogP contribution in [0.25, 0.3) is 0 Å². The molecule has 0 aromatic carbocycles. The molecule has 0 spiro atoms. The minimum absolute atomic E-state index is 0.123. The molecule has 1 amide bonds. The summed E-state index contributed by atoms with van der Waals surface area (Å²) in [6, 6.07) is 3.81. The van der Waals surface area contributed by atoms with Gasteiger partial charge in [0, 0.05) is 12.3 Å². The standard InChI is InChI=1S/C13H22N2O2S/c1-10-4-5-12(17-10)8-15(3)13(16)9-18-11(2)6-7-14/h4-5,11H,6-9,14H2,1-3H3. The van der Waals surface area contributed by atoms with E-state index in [9.17, 15) is 4.79 Å². The molecule has 0 saturated heterocycles. The van der Waals surface area contributed by atoms with Gasteiger partial charge in [-0.1, -0.05) is 6.92 Å². The second-order valence-corrected chi connectivity index (χ2v) is 5.89. The molecule has 0 aliphatic rings. The van der Waals surface area contributed by atoms with E-state index in [2.05, 4.69) is 6.92 Å². The van der Waals surface area contributed by atoms with Crippen LogP contribution < -0.4 is 5.73 Å². The topological polar surface area (TPSA) is 59.5 Å². The molecule has 0 bridgehead atoms. The van der Waals surface area contributed by atoms with Gasteiger partial charge in [0.1, 0.15) is 11.5 Å². The van der Waals surface area contributed by atoms with E-state index in [0.29, 0.717) is 24.1 Å². The fourth-order valence-electron chi connectivity index (χ4n) is 1.53. The third kappa shape index (κ3) is 5.14. The third-order valence-corrected chi connectivity index (χ3v) is 3.90. The number of carbonyl (C=O) groups excluding carboxylic acids is 1. The average molecular weight is 270 g/mol. The summed E-state index contributed by atoms with van der Waals surface area (Å²) in [7, 11) is 1.80. The van der Waals surface area contributed by atoms with Gasteiger partial charge in [0.05, 0.1) is 12.3 Å². The lowest BCUT2D eigenvalue weighted by molar-refractivity contribution is -0.127. The number of carbonyl (C=O) groups is 1. The first-order chi connectivity index (χ1) is 8.52. The molecule has 5 heteroatoms. The van der Waals surface area contributed by atoms with Gasteiger partial charge in [0.2, 0.25) is 5.91 Å². The van der Waals surface area contributed by atoms with Crippen LogP contribution in [0.15, 0.2) is 16.5 Å². The van der Waals surface area contributed by atoms with E-state index in [0.717, 1.165) is 17.9 Å². The van der Waals surface area contributed by atoms with E-state index in [4.69, 9.17) is 10.2 Å². The first-order valence-corrected chi connectivity index (χ1v) is 7.18. The molecule has 1 rings (SSSR count). The van der Waals surface area contributed by atoms with Crippen LogP contribution in [-0.2, 0) is 11.3 Å². The molecule has 102 valence electrons. The van der Waals surface area contributed by atoms with Crippen molar-refractivity contribution in [3.8, 4) is 0 Å². The summed E-state index contributed by atoms with van der Waals surface area (Å²) in [5.74, 6) is 2.32. The highest BCUT2D eigenvalue weighted by atomic mass is 32.2. The molecule has 0 radical (unpaired) electrons. The number of furan rings is 1. The zero-order valence-electron chi connectivity index (χ0n) is 11.3. The van der Waals surface area contributed by atoms with Crippen LogP contribution in [0.3, 0.4) is 0 Å². The Kier molecular flexibility index (Phi) is 6.29. The largest absolute Gasteiger partial charge is 0.464 e. The number of hydrogen-bond acceptors (Lipinski definition) is 4. The summed E-state index contributed by atoms with van der Waals surface area (Å²) in [6.45, 7) is 5.19. The summed E-state index contributed by atoms with van der Waals surface area (Å²) in [5, 5.41) is 0.429. The van der Waals surface area contributed by atoms with Crippen molar-refractivity contribution in [1.29, 1.82) is 0 Å². The SMILES string of the molecule is Cc1ccc(CN(C)C(=O)CSC(C)CCN)o1. The minimum atomic E-state index is 0.123. The molecular weight excluding hydrogens is 248 g/mol. The lowest BCUT2D eigenvalue weighted by Gasteiger charge is -2.17. The summed E-state index contributed by atoms with van der Waals surface area (Å²) >= 11 is 1.65. The molecule has 0 saturated carbocycles. The number of rotatable bonds is 7. The van der Waals surface area contributed by atoms with Crippen LogP contribution in [0, 0.1) is 6.92 Å². The first-order valence-electron chi connectivity index (χ1n) is 6.14. The molecule has 1 aromatic heterocycles. The maximum absolute atomic E-state index is 11.9. The monoisotopic (exact) mass is 270 g/mol. The number of aryl methyl sites for hydroxylation is 1. The molecule has 0 aliphatic carbocycles. The predicted molar refractivity (Wildman–Crippen MR) is 75.5 cm³/mol. The van der Waals surface area contributed by atoms with Gasteiger partial charge >= 0.3 is 0 Å². The maximum atomic E-state index is 11.9. The van der Waals surface area contributed by atoms with Crippen LogP contribution in [0.4, 0.5) is 0 Å². The van der Waals surface area contributed by atoms with Crippen molar-refractivity contribution >= 4 is 17.7 Å². The van der Waals surface area contributed by atoms with E-state index >= 15 is 0 Å². The predicted octanol–water partition coefficient (Wildman–Crippen LogP) is 2.02. The quantitative estimate of drug-likeness (QED) is 0.823.